The van der Waals surface area contributed by atoms with E-state index in [1.54, 1.807) is 23.5 Å². The normalized spacial score (nSPS) is 12.2. The van der Waals surface area contributed by atoms with E-state index in [1.807, 2.05) is 37.4 Å². The maximum Gasteiger partial charge on any atom is 0.261 e. The van der Waals surface area contributed by atoms with Crippen LogP contribution in [0, 0.1) is 0 Å². The van der Waals surface area contributed by atoms with Crippen molar-refractivity contribution in [3.63, 3.8) is 0 Å². The summed E-state index contributed by atoms with van der Waals surface area (Å²) >= 11 is 36.9. The molecule has 0 radical (unpaired) electrons. The van der Waals surface area contributed by atoms with E-state index in [-0.39, 0.29) is 17.5 Å². The van der Waals surface area contributed by atoms with E-state index < -0.39 is 13.7 Å². The molecule has 0 aliphatic heterocycles. The van der Waals surface area contributed by atoms with Crippen LogP contribution in [0.5, 0.6) is 0 Å². The van der Waals surface area contributed by atoms with Crippen LogP contribution in [-0.2, 0) is 14.6 Å². The van der Waals surface area contributed by atoms with E-state index in [2.05, 4.69) is 135 Å². The highest BCUT2D eigenvalue weighted by atomic mass is 35.6. The molecule has 0 spiro atoms. The summed E-state index contributed by atoms with van der Waals surface area (Å²) in [6, 6.07) is 43.3. The highest BCUT2D eigenvalue weighted by Gasteiger charge is 2.33. The lowest BCUT2D eigenvalue weighted by Gasteiger charge is -2.43. The summed E-state index contributed by atoms with van der Waals surface area (Å²) in [5.74, 6) is -0.0768. The molecule has 6 rings (SSSR count). The SMILES string of the molecule is CCCC[B-](c1ccccc1)(c1ccccc1)c1ccccc1.C[n+]1c(-c2ccccc2)csc1C=CC=Cc1nc(C(Cl)(Cl)Cl)nc(C(Cl)(Cl)Cl)n1. The summed E-state index contributed by atoms with van der Waals surface area (Å²) < 4.78 is -1.66. The fourth-order valence-corrected chi connectivity index (χ4v) is 7.79. The molecule has 0 N–H and O–H groups in total. The molecule has 0 bridgehead atoms. The molecule has 12 heteroatoms. The summed E-state index contributed by atoms with van der Waals surface area (Å²) in [4.78, 5) is 12.1. The van der Waals surface area contributed by atoms with Crippen LogP contribution in [0.4, 0.5) is 0 Å². The standard InChI is InChI=1S/C22H24B.C19H13Cl6N4S/c1-2-3-19-23(20-13-7-4-8-14-20,21-15-9-5-10-16-21)22-17-11-6-12-18-22;1-29-13(12-7-3-2-4-8-12)11-30-15(29)10-6-5-9-14-26-16(18(20,21)22)28-17(27-14)19(23,24)25/h4-18H,2-3,19H2,1H3;2-11H,1H3/q-1;+1. The fourth-order valence-electron chi connectivity index (χ4n) is 6.35. The minimum absolute atomic E-state index is 0.135. The lowest BCUT2D eigenvalue weighted by molar-refractivity contribution is -0.657. The summed E-state index contributed by atoms with van der Waals surface area (Å²) in [6.07, 6.45) is 9.87. The van der Waals surface area contributed by atoms with E-state index in [4.69, 9.17) is 69.6 Å². The highest BCUT2D eigenvalue weighted by Crippen LogP contribution is 2.40. The lowest BCUT2D eigenvalue weighted by Crippen LogP contribution is -2.66. The molecule has 0 fully saturated rings. The first-order chi connectivity index (χ1) is 25.4. The van der Waals surface area contributed by atoms with Crippen LogP contribution in [0.15, 0.2) is 139 Å². The van der Waals surface area contributed by atoms with Gasteiger partial charge in [-0.25, -0.2) is 15.0 Å². The van der Waals surface area contributed by atoms with Crippen molar-refractivity contribution in [2.75, 3.05) is 0 Å². The Bertz CT molecular complexity index is 1970. The maximum absolute atomic E-state index is 5.87. The molecule has 2 aromatic heterocycles. The summed E-state index contributed by atoms with van der Waals surface area (Å²) in [5, 5.41) is 3.16. The molecule has 0 unspecified atom stereocenters. The third-order valence-corrected chi connectivity index (χ3v) is 10.9. The van der Waals surface area contributed by atoms with Crippen LogP contribution in [0.1, 0.15) is 42.2 Å². The molecule has 2 heterocycles. The molecule has 0 saturated carbocycles. The molecule has 0 atom stereocenters. The van der Waals surface area contributed by atoms with Crippen molar-refractivity contribution in [1.82, 2.24) is 15.0 Å². The number of rotatable bonds is 10. The average Bonchev–Trinajstić information content (AvgIpc) is 3.54. The molecule has 53 heavy (non-hydrogen) atoms. The van der Waals surface area contributed by atoms with Gasteiger partial charge in [-0.15, -0.1) is 0 Å². The molecule has 0 aliphatic carbocycles. The van der Waals surface area contributed by atoms with E-state index in [0.717, 1.165) is 16.3 Å². The highest BCUT2D eigenvalue weighted by molar-refractivity contribution is 7.11. The fraction of sp³-hybridized carbons (Fsp3) is 0.171. The quantitative estimate of drug-likeness (QED) is 0.0597. The van der Waals surface area contributed by atoms with Crippen LogP contribution >= 0.6 is 80.9 Å². The first kappa shape index (κ1) is 41.0. The Hall–Kier alpha value is -3.20. The van der Waals surface area contributed by atoms with Crippen molar-refractivity contribution in [2.24, 2.45) is 7.05 Å². The van der Waals surface area contributed by atoms with Crippen molar-refractivity contribution in [3.8, 4) is 11.3 Å². The Labute approximate surface area is 346 Å². The maximum atomic E-state index is 5.87. The monoisotopic (exact) mass is 838 g/mol. The van der Waals surface area contributed by atoms with Gasteiger partial charge in [0.25, 0.3) is 5.01 Å². The zero-order valence-corrected chi connectivity index (χ0v) is 34.4. The van der Waals surface area contributed by atoms with Gasteiger partial charge in [0.05, 0.1) is 11.5 Å². The topological polar surface area (TPSA) is 42.5 Å². The number of aromatic nitrogens is 4. The zero-order chi connectivity index (χ0) is 37.9. The Morgan fingerprint density at radius 1 is 0.623 bits per heavy atom. The number of benzene rings is 4. The van der Waals surface area contributed by atoms with Gasteiger partial charge in [0.15, 0.2) is 17.5 Å². The second-order valence-corrected chi connectivity index (χ2v) is 17.8. The molecule has 0 aliphatic rings. The van der Waals surface area contributed by atoms with E-state index in [9.17, 15) is 0 Å². The first-order valence-corrected chi connectivity index (χ1v) is 20.2. The minimum Gasteiger partial charge on any atom is -0.209 e. The van der Waals surface area contributed by atoms with Gasteiger partial charge < -0.3 is 0 Å². The van der Waals surface area contributed by atoms with E-state index in [0.29, 0.717) is 0 Å². The van der Waals surface area contributed by atoms with Crippen molar-refractivity contribution in [1.29, 1.82) is 0 Å². The number of nitrogens with zero attached hydrogens (tertiary/aromatic N) is 4. The Morgan fingerprint density at radius 2 is 1.06 bits per heavy atom. The largest absolute Gasteiger partial charge is 0.261 e. The van der Waals surface area contributed by atoms with Crippen molar-refractivity contribution in [2.45, 2.75) is 33.7 Å². The van der Waals surface area contributed by atoms with Crippen LogP contribution < -0.4 is 21.0 Å². The molecule has 272 valence electrons. The lowest BCUT2D eigenvalue weighted by atomic mass is 9.14. The molecular weight excluding hydrogens is 804 g/mol. The van der Waals surface area contributed by atoms with Gasteiger partial charge in [0.1, 0.15) is 7.05 Å². The molecule has 4 aromatic carbocycles. The number of unbranched alkanes of at least 4 members (excludes halogenated alkanes) is 1. The van der Waals surface area contributed by atoms with Crippen LogP contribution in [-0.4, -0.2) is 21.1 Å². The predicted molar refractivity (Wildman–Crippen MR) is 231 cm³/mol. The Kier molecular flexibility index (Phi) is 14.6. The van der Waals surface area contributed by atoms with Gasteiger partial charge in [-0.1, -0.05) is 222 Å². The van der Waals surface area contributed by atoms with Gasteiger partial charge in [0, 0.05) is 11.6 Å². The van der Waals surface area contributed by atoms with Gasteiger partial charge in [-0.05, 0) is 18.2 Å². The molecular formula is C41H37BCl6N4S. The Balaban J connectivity index is 0.000000211. The Morgan fingerprint density at radius 3 is 1.49 bits per heavy atom. The van der Waals surface area contributed by atoms with Crippen molar-refractivity contribution >= 4 is 116 Å². The second kappa shape index (κ2) is 18.9. The van der Waals surface area contributed by atoms with E-state index >= 15 is 0 Å². The summed E-state index contributed by atoms with van der Waals surface area (Å²) in [5.41, 5.74) is 6.60. The predicted octanol–water partition coefficient (Wildman–Crippen LogP) is 10.8. The molecule has 6 aromatic rings. The van der Waals surface area contributed by atoms with Gasteiger partial charge in [-0.2, -0.15) is 27.3 Å². The summed E-state index contributed by atoms with van der Waals surface area (Å²) in [6.45, 7) is 2.28. The molecule has 4 nitrogen and oxygen atoms in total. The zero-order valence-electron chi connectivity index (χ0n) is 29.1. The smallest absolute Gasteiger partial charge is 0.209 e. The van der Waals surface area contributed by atoms with Gasteiger partial charge in [-0.3, -0.25) is 0 Å². The number of allylic oxidation sites excluding steroid dienone is 2. The number of halogens is 6. The minimum atomic E-state index is -1.88. The van der Waals surface area contributed by atoms with Crippen molar-refractivity contribution in [3.05, 3.63) is 161 Å². The molecule has 0 saturated heterocycles. The third-order valence-electron chi connectivity index (χ3n) is 8.90. The number of hydrogen-bond acceptors (Lipinski definition) is 4. The van der Waals surface area contributed by atoms with Crippen LogP contribution in [0.25, 0.3) is 23.4 Å². The van der Waals surface area contributed by atoms with Crippen molar-refractivity contribution < 1.29 is 4.57 Å². The van der Waals surface area contributed by atoms with Crippen LogP contribution in [0.2, 0.25) is 6.32 Å². The van der Waals surface area contributed by atoms with E-state index in [1.165, 1.54) is 35.6 Å². The van der Waals surface area contributed by atoms with Gasteiger partial charge >= 0.3 is 0 Å². The number of hydrogen-bond donors (Lipinski definition) is 0. The third kappa shape index (κ3) is 10.7. The first-order valence-electron chi connectivity index (χ1n) is 17.0. The van der Waals surface area contributed by atoms with Crippen LogP contribution in [0.3, 0.4) is 0 Å². The number of thiazole rings is 1. The molecule has 0 amide bonds. The second-order valence-electron chi connectivity index (χ2n) is 12.4. The van der Waals surface area contributed by atoms with Gasteiger partial charge in [0.2, 0.25) is 13.3 Å². The number of alkyl halides is 6. The summed E-state index contributed by atoms with van der Waals surface area (Å²) in [7, 11) is 2.01. The average molecular weight is 841 g/mol.